The van der Waals surface area contributed by atoms with E-state index in [4.69, 9.17) is 11.6 Å². The third-order valence-electron chi connectivity index (χ3n) is 3.95. The predicted molar refractivity (Wildman–Crippen MR) is 89.1 cm³/mol. The Balaban J connectivity index is 0.00000288. The number of halogens is 5. The summed E-state index contributed by atoms with van der Waals surface area (Å²) >= 11 is 5.54. The summed E-state index contributed by atoms with van der Waals surface area (Å²) in [5, 5.41) is 2.54. The van der Waals surface area contributed by atoms with Gasteiger partial charge in [-0.1, -0.05) is 11.6 Å². The van der Waals surface area contributed by atoms with E-state index in [0.29, 0.717) is 37.9 Å². The van der Waals surface area contributed by atoms with E-state index in [0.717, 1.165) is 18.7 Å². The lowest BCUT2D eigenvalue weighted by atomic mass is 9.98. The van der Waals surface area contributed by atoms with Gasteiger partial charge < -0.3 is 5.32 Å². The minimum Gasteiger partial charge on any atom is -0.319 e. The fourth-order valence-electron chi connectivity index (χ4n) is 2.67. The molecule has 0 bridgehead atoms. The Morgan fingerprint density at radius 3 is 2.38 bits per heavy atom. The molecule has 138 valence electrons. The summed E-state index contributed by atoms with van der Waals surface area (Å²) in [6.45, 7) is 1.41. The molecular weight excluding hydrogens is 388 g/mol. The van der Waals surface area contributed by atoms with Gasteiger partial charge in [-0.15, -0.1) is 12.4 Å². The first-order valence-corrected chi connectivity index (χ1v) is 8.99. The fraction of sp³-hybridized carbons (Fsp3) is 0.571. The lowest BCUT2D eigenvalue weighted by Gasteiger charge is -2.31. The van der Waals surface area contributed by atoms with Crippen LogP contribution in [0.25, 0.3) is 0 Å². The highest BCUT2D eigenvalue weighted by Gasteiger charge is 2.36. The second kappa shape index (κ2) is 8.23. The van der Waals surface area contributed by atoms with Gasteiger partial charge >= 0.3 is 6.18 Å². The number of rotatable bonds is 4. The molecule has 1 aromatic rings. The van der Waals surface area contributed by atoms with Gasteiger partial charge in [0.2, 0.25) is 10.0 Å². The van der Waals surface area contributed by atoms with Gasteiger partial charge in [-0.2, -0.15) is 17.5 Å². The van der Waals surface area contributed by atoms with E-state index in [1.807, 2.05) is 7.05 Å². The molecule has 24 heavy (non-hydrogen) atoms. The van der Waals surface area contributed by atoms with Gasteiger partial charge in [0, 0.05) is 13.1 Å². The van der Waals surface area contributed by atoms with Gasteiger partial charge in [-0.25, -0.2) is 8.42 Å². The summed E-state index contributed by atoms with van der Waals surface area (Å²) < 4.78 is 65.0. The largest absolute Gasteiger partial charge is 0.417 e. The monoisotopic (exact) mass is 406 g/mol. The number of hydrogen-bond donors (Lipinski definition) is 1. The van der Waals surface area contributed by atoms with Crippen LogP contribution in [0.4, 0.5) is 13.2 Å². The molecule has 1 aromatic carbocycles. The molecule has 1 fully saturated rings. The molecule has 10 heteroatoms. The summed E-state index contributed by atoms with van der Waals surface area (Å²) in [4.78, 5) is -0.374. The van der Waals surface area contributed by atoms with Crippen molar-refractivity contribution in [3.05, 3.63) is 28.8 Å². The Labute approximate surface area is 150 Å². The second-order valence-corrected chi connectivity index (χ2v) is 7.89. The zero-order chi connectivity index (χ0) is 17.3. The van der Waals surface area contributed by atoms with Crippen molar-refractivity contribution in [1.82, 2.24) is 9.62 Å². The van der Waals surface area contributed by atoms with E-state index < -0.39 is 26.8 Å². The van der Waals surface area contributed by atoms with Crippen LogP contribution in [-0.4, -0.2) is 39.4 Å². The van der Waals surface area contributed by atoms with Crippen LogP contribution in [0.3, 0.4) is 0 Å². The Hall–Kier alpha value is -0.540. The van der Waals surface area contributed by atoms with Crippen molar-refractivity contribution in [2.24, 2.45) is 5.92 Å². The summed E-state index contributed by atoms with van der Waals surface area (Å²) in [6.07, 6.45) is -3.33. The molecule has 1 saturated heterocycles. The second-order valence-electron chi connectivity index (χ2n) is 5.54. The molecule has 0 spiro atoms. The van der Waals surface area contributed by atoms with Crippen molar-refractivity contribution in [3.8, 4) is 0 Å². The molecule has 0 aliphatic carbocycles. The first-order valence-electron chi connectivity index (χ1n) is 7.17. The van der Waals surface area contributed by atoms with Crippen LogP contribution in [0.2, 0.25) is 5.02 Å². The fourth-order valence-corrected chi connectivity index (χ4v) is 4.39. The first-order chi connectivity index (χ1) is 10.7. The van der Waals surface area contributed by atoms with Crippen LogP contribution in [0.5, 0.6) is 0 Å². The predicted octanol–water partition coefficient (Wildman–Crippen LogP) is 3.40. The maximum atomic E-state index is 12.9. The Bertz CT molecular complexity index is 660. The lowest BCUT2D eigenvalue weighted by molar-refractivity contribution is -0.137. The van der Waals surface area contributed by atoms with E-state index in [1.165, 1.54) is 4.31 Å². The number of sulfonamides is 1. The quantitative estimate of drug-likeness (QED) is 0.833. The highest BCUT2D eigenvalue weighted by Crippen LogP contribution is 2.36. The minimum absolute atomic E-state index is 0. The normalized spacial score (nSPS) is 17.5. The highest BCUT2D eigenvalue weighted by atomic mass is 35.5. The Kier molecular flexibility index (Phi) is 7.37. The molecule has 1 aliphatic heterocycles. The SMILES string of the molecule is CNCC1CCN(S(=O)(=O)c2ccc(Cl)c(C(F)(F)F)c2)CC1.Cl. The average molecular weight is 407 g/mol. The first kappa shape index (κ1) is 21.5. The summed E-state index contributed by atoms with van der Waals surface area (Å²) in [7, 11) is -2.12. The molecule has 1 N–H and O–H groups in total. The van der Waals surface area contributed by atoms with Gasteiger partial charge in [0.25, 0.3) is 0 Å². The zero-order valence-electron chi connectivity index (χ0n) is 12.9. The van der Waals surface area contributed by atoms with Crippen molar-refractivity contribution >= 4 is 34.0 Å². The van der Waals surface area contributed by atoms with Crippen LogP contribution in [0, 0.1) is 5.92 Å². The average Bonchev–Trinajstić information content (AvgIpc) is 2.47. The summed E-state index contributed by atoms with van der Waals surface area (Å²) in [5.74, 6) is 0.377. The van der Waals surface area contributed by atoms with E-state index in [2.05, 4.69) is 5.32 Å². The maximum Gasteiger partial charge on any atom is 0.417 e. The molecule has 0 aromatic heterocycles. The lowest BCUT2D eigenvalue weighted by Crippen LogP contribution is -2.40. The van der Waals surface area contributed by atoms with Crippen molar-refractivity contribution in [2.75, 3.05) is 26.7 Å². The van der Waals surface area contributed by atoms with Crippen molar-refractivity contribution in [3.63, 3.8) is 0 Å². The zero-order valence-corrected chi connectivity index (χ0v) is 15.3. The van der Waals surface area contributed by atoms with Gasteiger partial charge in [0.15, 0.2) is 0 Å². The molecule has 4 nitrogen and oxygen atoms in total. The van der Waals surface area contributed by atoms with E-state index in [1.54, 1.807) is 0 Å². The highest BCUT2D eigenvalue weighted by molar-refractivity contribution is 7.89. The molecule has 0 radical (unpaired) electrons. The molecule has 0 amide bonds. The number of nitrogens with zero attached hydrogens (tertiary/aromatic N) is 1. The maximum absolute atomic E-state index is 12.9. The number of nitrogens with one attached hydrogen (secondary N) is 1. The number of piperidine rings is 1. The molecule has 1 aliphatic rings. The smallest absolute Gasteiger partial charge is 0.319 e. The topological polar surface area (TPSA) is 49.4 Å². The molecule has 0 saturated carbocycles. The van der Waals surface area contributed by atoms with Gasteiger partial charge in [0.1, 0.15) is 0 Å². The van der Waals surface area contributed by atoms with Crippen molar-refractivity contribution in [2.45, 2.75) is 23.9 Å². The standard InChI is InChI=1S/C14H18ClF3N2O2S.ClH/c1-19-9-10-4-6-20(7-5-10)23(21,22)11-2-3-13(15)12(8-11)14(16,17)18;/h2-3,8,10,19H,4-7,9H2,1H3;1H. The number of benzene rings is 1. The minimum atomic E-state index is -4.69. The van der Waals surface area contributed by atoms with Crippen LogP contribution in [0.1, 0.15) is 18.4 Å². The van der Waals surface area contributed by atoms with Crippen LogP contribution in [-0.2, 0) is 16.2 Å². The third kappa shape index (κ3) is 4.76. The Morgan fingerprint density at radius 1 is 1.29 bits per heavy atom. The summed E-state index contributed by atoms with van der Waals surface area (Å²) in [5.41, 5.74) is -1.13. The molecule has 0 unspecified atom stereocenters. The van der Waals surface area contributed by atoms with Gasteiger partial charge in [0.05, 0.1) is 15.5 Å². The van der Waals surface area contributed by atoms with Crippen LogP contribution < -0.4 is 5.32 Å². The van der Waals surface area contributed by atoms with E-state index >= 15 is 0 Å². The van der Waals surface area contributed by atoms with Gasteiger partial charge in [-0.3, -0.25) is 0 Å². The van der Waals surface area contributed by atoms with Crippen LogP contribution >= 0.6 is 24.0 Å². The number of hydrogen-bond acceptors (Lipinski definition) is 3. The third-order valence-corrected chi connectivity index (χ3v) is 6.17. The molecular formula is C14H19Cl2F3N2O2S. The van der Waals surface area contributed by atoms with Crippen molar-refractivity contribution in [1.29, 1.82) is 0 Å². The van der Waals surface area contributed by atoms with Gasteiger partial charge in [-0.05, 0) is 50.6 Å². The molecule has 2 rings (SSSR count). The van der Waals surface area contributed by atoms with Crippen molar-refractivity contribution < 1.29 is 21.6 Å². The molecule has 0 atom stereocenters. The number of alkyl halides is 3. The van der Waals surface area contributed by atoms with E-state index in [9.17, 15) is 21.6 Å². The Morgan fingerprint density at radius 2 is 1.88 bits per heavy atom. The summed E-state index contributed by atoms with van der Waals surface area (Å²) in [6, 6.07) is 2.70. The van der Waals surface area contributed by atoms with E-state index in [-0.39, 0.29) is 17.3 Å². The molecule has 1 heterocycles. The van der Waals surface area contributed by atoms with Crippen LogP contribution in [0.15, 0.2) is 23.1 Å².